The molecule has 32 heavy (non-hydrogen) atoms. The van der Waals surface area contributed by atoms with Crippen molar-refractivity contribution in [1.29, 1.82) is 5.26 Å². The quantitative estimate of drug-likeness (QED) is 0.630. The zero-order valence-electron chi connectivity index (χ0n) is 17.0. The number of anilines is 1. The molecule has 0 spiro atoms. The Kier molecular flexibility index (Phi) is 5.55. The lowest BCUT2D eigenvalue weighted by atomic mass is 10.0. The van der Waals surface area contributed by atoms with Crippen LogP contribution in [0.25, 0.3) is 11.3 Å². The van der Waals surface area contributed by atoms with Crippen LogP contribution in [-0.4, -0.2) is 33.2 Å². The van der Waals surface area contributed by atoms with Gasteiger partial charge in [0.25, 0.3) is 5.91 Å². The molecule has 2 aromatic carbocycles. The number of nitrogens with two attached hydrogens (primary N) is 1. The van der Waals surface area contributed by atoms with E-state index in [1.165, 1.54) is 17.0 Å². The number of aryl methyl sites for hydroxylation is 1. The summed E-state index contributed by atoms with van der Waals surface area (Å²) in [6.45, 7) is 2.64. The minimum Gasteiger partial charge on any atom is -0.365 e. The third-order valence-corrected chi connectivity index (χ3v) is 5.71. The Bertz CT molecular complexity index is 1300. The van der Waals surface area contributed by atoms with Crippen molar-refractivity contribution < 1.29 is 14.0 Å². The summed E-state index contributed by atoms with van der Waals surface area (Å²) in [5.74, 6) is -1.38. The average molecular weight is 453 g/mol. The van der Waals surface area contributed by atoms with E-state index in [4.69, 9.17) is 22.6 Å². The molecule has 1 aliphatic heterocycles. The van der Waals surface area contributed by atoms with Crippen LogP contribution in [0.15, 0.2) is 36.4 Å². The number of hydrogen-bond acceptors (Lipinski definition) is 4. The molecule has 3 amide bonds. The molecule has 0 atom stereocenters. The molecule has 3 N–H and O–H groups in total. The third-order valence-electron chi connectivity index (χ3n) is 5.30. The van der Waals surface area contributed by atoms with Crippen LogP contribution in [0.5, 0.6) is 0 Å². The van der Waals surface area contributed by atoms with Gasteiger partial charge >= 0.3 is 6.03 Å². The Hall–Kier alpha value is -3.90. The summed E-state index contributed by atoms with van der Waals surface area (Å²) < 4.78 is 15.5. The van der Waals surface area contributed by atoms with Gasteiger partial charge in [0.15, 0.2) is 0 Å². The number of hydrogen-bond donors (Lipinski definition) is 2. The number of aromatic nitrogens is 2. The van der Waals surface area contributed by atoms with Crippen LogP contribution in [0.3, 0.4) is 0 Å². The summed E-state index contributed by atoms with van der Waals surface area (Å²) in [6, 6.07) is 10.4. The average Bonchev–Trinajstić information content (AvgIpc) is 3.14. The van der Waals surface area contributed by atoms with Crippen LogP contribution in [0.4, 0.5) is 14.9 Å². The van der Waals surface area contributed by atoms with E-state index < -0.39 is 17.8 Å². The van der Waals surface area contributed by atoms with Gasteiger partial charge in [-0.25, -0.2) is 9.18 Å². The third kappa shape index (κ3) is 3.88. The van der Waals surface area contributed by atoms with E-state index >= 15 is 0 Å². The Morgan fingerprint density at radius 2 is 2.03 bits per heavy atom. The number of halogens is 2. The summed E-state index contributed by atoms with van der Waals surface area (Å²) in [5.41, 5.74) is 8.46. The molecule has 1 aliphatic rings. The molecule has 0 unspecified atom stereocenters. The molecule has 0 bridgehead atoms. The smallest absolute Gasteiger partial charge is 0.322 e. The van der Waals surface area contributed by atoms with Gasteiger partial charge in [0.2, 0.25) is 0 Å². The number of nitrogens with one attached hydrogen (secondary N) is 1. The van der Waals surface area contributed by atoms with Gasteiger partial charge in [-0.05, 0) is 36.8 Å². The highest BCUT2D eigenvalue weighted by molar-refractivity contribution is 6.31. The van der Waals surface area contributed by atoms with Gasteiger partial charge in [-0.3, -0.25) is 9.48 Å². The number of nitriles is 1. The second-order valence-corrected chi connectivity index (χ2v) is 7.79. The molecule has 10 heteroatoms. The lowest BCUT2D eigenvalue weighted by molar-refractivity contribution is 0.0997. The minimum atomic E-state index is -0.723. The standard InChI is InChI=1S/C22H18ClFN6O2/c1-12-2-3-13(8-16(12)23)20-19(21(26)31)18-11-29(6-7-30(18)28-20)22(32)27-15-5-4-14(10-25)17(24)9-15/h2-5,8-9H,6-7,11H2,1H3,(H2,26,31)(H,27,32). The second kappa shape index (κ2) is 8.32. The number of benzene rings is 2. The van der Waals surface area contributed by atoms with Crippen LogP contribution in [0.1, 0.15) is 27.2 Å². The van der Waals surface area contributed by atoms with Crippen LogP contribution in [0.2, 0.25) is 5.02 Å². The number of amides is 3. The zero-order valence-corrected chi connectivity index (χ0v) is 17.8. The zero-order chi connectivity index (χ0) is 23.0. The lowest BCUT2D eigenvalue weighted by Crippen LogP contribution is -2.41. The first-order valence-electron chi connectivity index (χ1n) is 9.70. The molecule has 0 radical (unpaired) electrons. The van der Waals surface area contributed by atoms with Crippen LogP contribution >= 0.6 is 11.6 Å². The molecular formula is C22H18ClFN6O2. The maximum Gasteiger partial charge on any atom is 0.322 e. The SMILES string of the molecule is Cc1ccc(-c2nn3c(c2C(N)=O)CN(C(=O)Nc2ccc(C#N)c(F)c2)CC3)cc1Cl. The van der Waals surface area contributed by atoms with Gasteiger partial charge in [0.05, 0.1) is 29.9 Å². The highest BCUT2D eigenvalue weighted by Crippen LogP contribution is 2.31. The Morgan fingerprint density at radius 3 is 2.69 bits per heavy atom. The lowest BCUT2D eigenvalue weighted by Gasteiger charge is -2.28. The van der Waals surface area contributed by atoms with Crippen LogP contribution < -0.4 is 11.1 Å². The van der Waals surface area contributed by atoms with E-state index in [0.717, 1.165) is 11.6 Å². The fraction of sp³-hybridized carbons (Fsp3) is 0.182. The first-order chi connectivity index (χ1) is 15.3. The van der Waals surface area contributed by atoms with E-state index in [1.807, 2.05) is 19.1 Å². The molecule has 0 aliphatic carbocycles. The molecule has 0 fully saturated rings. The number of fused-ring (bicyclic) bond motifs is 1. The normalized spacial score (nSPS) is 12.8. The van der Waals surface area contributed by atoms with Crippen molar-refractivity contribution in [3.05, 3.63) is 69.6 Å². The van der Waals surface area contributed by atoms with Crippen molar-refractivity contribution in [2.45, 2.75) is 20.0 Å². The fourth-order valence-electron chi connectivity index (χ4n) is 3.58. The van der Waals surface area contributed by atoms with Crippen LogP contribution in [0, 0.1) is 24.1 Å². The summed E-state index contributed by atoms with van der Waals surface area (Å²) in [7, 11) is 0. The Balaban J connectivity index is 1.61. The first-order valence-corrected chi connectivity index (χ1v) is 10.1. The van der Waals surface area contributed by atoms with Gasteiger partial charge in [-0.2, -0.15) is 10.4 Å². The topological polar surface area (TPSA) is 117 Å². The summed E-state index contributed by atoms with van der Waals surface area (Å²) in [5, 5.41) is 16.5. The van der Waals surface area contributed by atoms with Gasteiger partial charge < -0.3 is 16.0 Å². The predicted octanol–water partition coefficient (Wildman–Crippen LogP) is 3.67. The van der Waals surface area contributed by atoms with E-state index in [0.29, 0.717) is 35.1 Å². The van der Waals surface area contributed by atoms with E-state index in [2.05, 4.69) is 10.4 Å². The number of nitrogens with zero attached hydrogens (tertiary/aromatic N) is 4. The van der Waals surface area contributed by atoms with Gasteiger partial charge in [0.1, 0.15) is 17.6 Å². The maximum atomic E-state index is 13.8. The molecular weight excluding hydrogens is 435 g/mol. The second-order valence-electron chi connectivity index (χ2n) is 7.38. The van der Waals surface area contributed by atoms with E-state index in [-0.39, 0.29) is 23.4 Å². The van der Waals surface area contributed by atoms with Crippen molar-refractivity contribution >= 4 is 29.2 Å². The Morgan fingerprint density at radius 1 is 1.25 bits per heavy atom. The van der Waals surface area contributed by atoms with Crippen molar-refractivity contribution in [1.82, 2.24) is 14.7 Å². The fourth-order valence-corrected chi connectivity index (χ4v) is 3.76. The first kappa shape index (κ1) is 21.3. The van der Waals surface area contributed by atoms with E-state index in [1.54, 1.807) is 16.8 Å². The molecule has 0 saturated heterocycles. The number of carbonyl (C=O) groups excluding carboxylic acids is 2. The van der Waals surface area contributed by atoms with Gasteiger partial charge in [-0.15, -0.1) is 0 Å². The van der Waals surface area contributed by atoms with Crippen molar-refractivity contribution in [2.75, 3.05) is 11.9 Å². The summed E-state index contributed by atoms with van der Waals surface area (Å²) in [6.07, 6.45) is 0. The number of primary amides is 1. The largest absolute Gasteiger partial charge is 0.365 e. The van der Waals surface area contributed by atoms with Crippen molar-refractivity contribution in [2.24, 2.45) is 5.73 Å². The highest BCUT2D eigenvalue weighted by atomic mass is 35.5. The molecule has 3 aromatic rings. The number of urea groups is 1. The predicted molar refractivity (Wildman–Crippen MR) is 116 cm³/mol. The molecule has 4 rings (SSSR count). The Labute approximate surface area is 188 Å². The summed E-state index contributed by atoms with van der Waals surface area (Å²) in [4.78, 5) is 26.5. The molecule has 162 valence electrons. The molecule has 2 heterocycles. The summed E-state index contributed by atoms with van der Waals surface area (Å²) >= 11 is 6.24. The van der Waals surface area contributed by atoms with Crippen molar-refractivity contribution in [3.8, 4) is 17.3 Å². The minimum absolute atomic E-state index is 0.0927. The van der Waals surface area contributed by atoms with E-state index in [9.17, 15) is 14.0 Å². The van der Waals surface area contributed by atoms with Crippen LogP contribution in [-0.2, 0) is 13.1 Å². The van der Waals surface area contributed by atoms with Gasteiger partial charge in [-0.1, -0.05) is 23.7 Å². The maximum absolute atomic E-state index is 13.8. The monoisotopic (exact) mass is 452 g/mol. The number of rotatable bonds is 3. The van der Waals surface area contributed by atoms with Crippen molar-refractivity contribution in [3.63, 3.8) is 0 Å². The molecule has 1 aromatic heterocycles. The van der Waals surface area contributed by atoms with Gasteiger partial charge in [0, 0.05) is 22.8 Å². The highest BCUT2D eigenvalue weighted by Gasteiger charge is 2.30. The number of carbonyl (C=O) groups is 2. The molecule has 8 nitrogen and oxygen atoms in total. The molecule has 0 saturated carbocycles.